The van der Waals surface area contributed by atoms with Gasteiger partial charge in [0.1, 0.15) is 10.8 Å². The minimum absolute atomic E-state index is 0.275. The molecule has 2 rings (SSSR count). The van der Waals surface area contributed by atoms with Crippen molar-refractivity contribution in [1.29, 1.82) is 0 Å². The number of ether oxygens (including phenoxy) is 1. The molecule has 0 aliphatic carbocycles. The van der Waals surface area contributed by atoms with Gasteiger partial charge in [0.15, 0.2) is 5.69 Å². The van der Waals surface area contributed by atoms with Gasteiger partial charge in [0.2, 0.25) is 0 Å². The van der Waals surface area contributed by atoms with Crippen LogP contribution in [-0.2, 0) is 11.8 Å². The summed E-state index contributed by atoms with van der Waals surface area (Å²) in [5, 5.41) is 8.08. The highest BCUT2D eigenvalue weighted by Crippen LogP contribution is 2.21. The van der Waals surface area contributed by atoms with Crippen molar-refractivity contribution in [3.63, 3.8) is 0 Å². The van der Waals surface area contributed by atoms with Gasteiger partial charge in [0, 0.05) is 18.8 Å². The molecule has 0 atom stereocenters. The van der Waals surface area contributed by atoms with Crippen molar-refractivity contribution < 1.29 is 9.53 Å². The third-order valence-electron chi connectivity index (χ3n) is 2.21. The number of methoxy groups -OCH3 is 1. The number of aromatic nitrogens is 4. The van der Waals surface area contributed by atoms with E-state index in [0.29, 0.717) is 16.4 Å². The van der Waals surface area contributed by atoms with Gasteiger partial charge in [-0.15, -0.1) is 5.10 Å². The maximum atomic E-state index is 11.6. The first kappa shape index (κ1) is 11.5. The lowest BCUT2D eigenvalue weighted by Gasteiger charge is -2.01. The van der Waals surface area contributed by atoms with Gasteiger partial charge in [-0.25, -0.2) is 14.5 Å². The number of rotatable bonds is 2. The molecule has 2 heterocycles. The Labute approximate surface area is 102 Å². The van der Waals surface area contributed by atoms with Gasteiger partial charge in [-0.1, -0.05) is 16.8 Å². The van der Waals surface area contributed by atoms with Gasteiger partial charge in [-0.3, -0.25) is 0 Å². The van der Waals surface area contributed by atoms with Crippen molar-refractivity contribution in [2.45, 2.75) is 0 Å². The SMILES string of the molecule is COC(=O)c1c(-c2ccc(Cl)nc2)nnn1C. The molecule has 0 saturated heterocycles. The van der Waals surface area contributed by atoms with E-state index in [1.54, 1.807) is 19.2 Å². The Morgan fingerprint density at radius 3 is 2.82 bits per heavy atom. The predicted molar refractivity (Wildman–Crippen MR) is 60.6 cm³/mol. The van der Waals surface area contributed by atoms with Gasteiger partial charge < -0.3 is 4.74 Å². The van der Waals surface area contributed by atoms with Crippen molar-refractivity contribution in [2.24, 2.45) is 7.05 Å². The molecule has 0 fully saturated rings. The summed E-state index contributed by atoms with van der Waals surface area (Å²) in [6.45, 7) is 0. The summed E-state index contributed by atoms with van der Waals surface area (Å²) in [6.07, 6.45) is 1.53. The van der Waals surface area contributed by atoms with E-state index in [4.69, 9.17) is 11.6 Å². The van der Waals surface area contributed by atoms with E-state index < -0.39 is 5.97 Å². The summed E-state index contributed by atoms with van der Waals surface area (Å²) in [4.78, 5) is 15.5. The first-order valence-corrected chi connectivity index (χ1v) is 5.11. The number of esters is 1. The van der Waals surface area contributed by atoms with Gasteiger partial charge in [-0.2, -0.15) is 0 Å². The van der Waals surface area contributed by atoms with Crippen LogP contribution in [0.5, 0.6) is 0 Å². The Bertz CT molecular complexity index is 550. The summed E-state index contributed by atoms with van der Waals surface area (Å²) in [5.41, 5.74) is 1.35. The molecule has 17 heavy (non-hydrogen) atoms. The first-order chi connectivity index (χ1) is 8.13. The van der Waals surface area contributed by atoms with Gasteiger partial charge in [0.25, 0.3) is 0 Å². The highest BCUT2D eigenvalue weighted by molar-refractivity contribution is 6.29. The minimum Gasteiger partial charge on any atom is -0.464 e. The zero-order valence-electron chi connectivity index (χ0n) is 9.22. The molecule has 0 aliphatic heterocycles. The zero-order valence-corrected chi connectivity index (χ0v) is 9.97. The Hall–Kier alpha value is -1.95. The lowest BCUT2D eigenvalue weighted by molar-refractivity contribution is 0.0589. The van der Waals surface area contributed by atoms with Crippen LogP contribution in [-0.4, -0.2) is 33.1 Å². The molecule has 0 aliphatic rings. The maximum absolute atomic E-state index is 11.6. The van der Waals surface area contributed by atoms with E-state index in [9.17, 15) is 4.79 Å². The standard InChI is InChI=1S/C10H9ClN4O2/c1-15-9(10(16)17-2)8(13-14-15)6-3-4-7(11)12-5-6/h3-5H,1-2H3. The van der Waals surface area contributed by atoms with E-state index >= 15 is 0 Å². The smallest absolute Gasteiger partial charge is 0.358 e. The highest BCUT2D eigenvalue weighted by atomic mass is 35.5. The van der Waals surface area contributed by atoms with Crippen molar-refractivity contribution in [1.82, 2.24) is 20.0 Å². The van der Waals surface area contributed by atoms with Gasteiger partial charge in [0.05, 0.1) is 7.11 Å². The number of hydrogen-bond donors (Lipinski definition) is 0. The summed E-state index contributed by atoms with van der Waals surface area (Å²) in [7, 11) is 2.92. The lowest BCUT2D eigenvalue weighted by Crippen LogP contribution is -2.09. The molecule has 0 N–H and O–H groups in total. The number of hydrogen-bond acceptors (Lipinski definition) is 5. The highest BCUT2D eigenvalue weighted by Gasteiger charge is 2.20. The van der Waals surface area contributed by atoms with Crippen LogP contribution in [0, 0.1) is 0 Å². The van der Waals surface area contributed by atoms with Crippen LogP contribution in [0.4, 0.5) is 0 Å². The number of pyridine rings is 1. The van der Waals surface area contributed by atoms with Crippen LogP contribution in [0.1, 0.15) is 10.5 Å². The Balaban J connectivity index is 2.52. The van der Waals surface area contributed by atoms with Crippen LogP contribution >= 0.6 is 11.6 Å². The molecule has 2 aromatic heterocycles. The fourth-order valence-corrected chi connectivity index (χ4v) is 1.50. The van der Waals surface area contributed by atoms with Gasteiger partial charge >= 0.3 is 5.97 Å². The van der Waals surface area contributed by atoms with E-state index in [0.717, 1.165) is 0 Å². The topological polar surface area (TPSA) is 69.9 Å². The molecular formula is C10H9ClN4O2. The van der Waals surface area contributed by atoms with E-state index in [1.165, 1.54) is 18.0 Å². The quantitative estimate of drug-likeness (QED) is 0.595. The second-order valence-electron chi connectivity index (χ2n) is 3.27. The van der Waals surface area contributed by atoms with E-state index in [1.807, 2.05) is 0 Å². The number of carbonyl (C=O) groups excluding carboxylic acids is 1. The molecule has 0 unspecified atom stereocenters. The molecule has 0 radical (unpaired) electrons. The molecular weight excluding hydrogens is 244 g/mol. The van der Waals surface area contributed by atoms with Crippen LogP contribution in [0.15, 0.2) is 18.3 Å². The first-order valence-electron chi connectivity index (χ1n) is 4.73. The fourth-order valence-electron chi connectivity index (χ4n) is 1.39. The fraction of sp³-hybridized carbons (Fsp3) is 0.200. The number of halogens is 1. The van der Waals surface area contributed by atoms with Crippen molar-refractivity contribution in [3.05, 3.63) is 29.2 Å². The van der Waals surface area contributed by atoms with E-state index in [-0.39, 0.29) is 5.69 Å². The summed E-state index contributed by atoms with van der Waals surface area (Å²) in [5.74, 6) is -0.498. The number of aryl methyl sites for hydroxylation is 1. The van der Waals surface area contributed by atoms with Crippen LogP contribution < -0.4 is 0 Å². The average molecular weight is 253 g/mol. The molecule has 88 valence electrons. The molecule has 0 spiro atoms. The van der Waals surface area contributed by atoms with Crippen molar-refractivity contribution in [2.75, 3.05) is 7.11 Å². The molecule has 2 aromatic rings. The number of carbonyl (C=O) groups is 1. The van der Waals surface area contributed by atoms with E-state index in [2.05, 4.69) is 20.0 Å². The largest absolute Gasteiger partial charge is 0.464 e. The van der Waals surface area contributed by atoms with Crippen LogP contribution in [0.25, 0.3) is 11.3 Å². The van der Waals surface area contributed by atoms with Crippen molar-refractivity contribution >= 4 is 17.6 Å². The lowest BCUT2D eigenvalue weighted by atomic mass is 10.2. The molecule has 0 saturated carbocycles. The summed E-state index contributed by atoms with van der Waals surface area (Å²) < 4.78 is 6.03. The predicted octanol–water partition coefficient (Wildman–Crippen LogP) is 1.32. The Morgan fingerprint density at radius 2 is 2.24 bits per heavy atom. The Kier molecular flexibility index (Phi) is 3.06. The normalized spacial score (nSPS) is 10.3. The third-order valence-corrected chi connectivity index (χ3v) is 2.43. The second-order valence-corrected chi connectivity index (χ2v) is 3.66. The zero-order chi connectivity index (χ0) is 12.4. The monoisotopic (exact) mass is 252 g/mol. The average Bonchev–Trinajstić information content (AvgIpc) is 2.71. The van der Waals surface area contributed by atoms with Crippen LogP contribution in [0.2, 0.25) is 5.15 Å². The maximum Gasteiger partial charge on any atom is 0.358 e. The molecule has 7 heteroatoms. The van der Waals surface area contributed by atoms with Crippen LogP contribution in [0.3, 0.4) is 0 Å². The Morgan fingerprint density at radius 1 is 1.47 bits per heavy atom. The minimum atomic E-state index is -0.498. The molecule has 0 bridgehead atoms. The molecule has 0 aromatic carbocycles. The van der Waals surface area contributed by atoms with Crippen molar-refractivity contribution in [3.8, 4) is 11.3 Å². The summed E-state index contributed by atoms with van der Waals surface area (Å²) >= 11 is 5.69. The second kappa shape index (κ2) is 4.50. The van der Waals surface area contributed by atoms with Gasteiger partial charge in [-0.05, 0) is 12.1 Å². The third kappa shape index (κ3) is 2.12. The number of nitrogens with zero attached hydrogens (tertiary/aromatic N) is 4. The summed E-state index contributed by atoms with van der Waals surface area (Å²) in [6, 6.07) is 3.33. The molecule has 0 amide bonds. The molecule has 6 nitrogen and oxygen atoms in total.